The van der Waals surface area contributed by atoms with Crippen LogP contribution in [0.3, 0.4) is 0 Å². The number of anilines is 3. The zero-order valence-electron chi connectivity index (χ0n) is 21.1. The molecule has 2 rings (SSSR count). The predicted molar refractivity (Wildman–Crippen MR) is 143 cm³/mol. The summed E-state index contributed by atoms with van der Waals surface area (Å²) in [5, 5.41) is 8.55. The maximum Gasteiger partial charge on any atom is 0.225 e. The molecule has 0 saturated heterocycles. The second-order valence-electron chi connectivity index (χ2n) is 8.83. The summed E-state index contributed by atoms with van der Waals surface area (Å²) in [5.74, 6) is -0.225. The van der Waals surface area contributed by atoms with Gasteiger partial charge in [0.1, 0.15) is 0 Å². The summed E-state index contributed by atoms with van der Waals surface area (Å²) in [6.07, 6.45) is 7.96. The van der Waals surface area contributed by atoms with E-state index in [2.05, 4.69) is 27.8 Å². The molecular formula is C28H40N4O3. The van der Waals surface area contributed by atoms with Crippen molar-refractivity contribution in [2.75, 3.05) is 35.6 Å². The third-order valence-electron chi connectivity index (χ3n) is 5.68. The first-order valence-corrected chi connectivity index (χ1v) is 12.7. The Bertz CT molecular complexity index is 900. The van der Waals surface area contributed by atoms with Crippen molar-refractivity contribution in [2.45, 2.75) is 65.2 Å². The maximum atomic E-state index is 12.5. The van der Waals surface area contributed by atoms with E-state index in [1.165, 1.54) is 39.0 Å². The first kappa shape index (κ1) is 28.1. The van der Waals surface area contributed by atoms with E-state index in [1.807, 2.05) is 30.3 Å². The van der Waals surface area contributed by atoms with Gasteiger partial charge in [-0.25, -0.2) is 0 Å². The molecule has 7 nitrogen and oxygen atoms in total. The highest BCUT2D eigenvalue weighted by Crippen LogP contribution is 2.14. The Kier molecular flexibility index (Phi) is 13.2. The average molecular weight is 481 g/mol. The van der Waals surface area contributed by atoms with Crippen molar-refractivity contribution in [3.8, 4) is 0 Å². The first-order valence-electron chi connectivity index (χ1n) is 12.7. The van der Waals surface area contributed by atoms with Gasteiger partial charge in [0.2, 0.25) is 17.7 Å². The monoisotopic (exact) mass is 480 g/mol. The van der Waals surface area contributed by atoms with E-state index in [-0.39, 0.29) is 17.7 Å². The third kappa shape index (κ3) is 12.7. The smallest absolute Gasteiger partial charge is 0.225 e. The summed E-state index contributed by atoms with van der Waals surface area (Å²) in [4.78, 5) is 38.3. The number of benzene rings is 2. The van der Waals surface area contributed by atoms with Gasteiger partial charge in [0, 0.05) is 49.9 Å². The van der Waals surface area contributed by atoms with Crippen molar-refractivity contribution in [3.63, 3.8) is 0 Å². The number of nitrogens with one attached hydrogen (secondary N) is 3. The molecule has 0 saturated carbocycles. The van der Waals surface area contributed by atoms with Crippen molar-refractivity contribution in [1.29, 1.82) is 0 Å². The van der Waals surface area contributed by atoms with Crippen LogP contribution in [-0.4, -0.2) is 42.3 Å². The number of unbranched alkanes of at least 4 members (excludes halogenated alkanes) is 5. The normalized spacial score (nSPS) is 10.7. The standard InChI is InChI=1S/C28H40N4O3/c1-3-4-5-6-7-11-20-32(21-18-27(34)30-24-12-9-8-10-13-24)22-19-28(35)31-26-16-14-25(15-17-26)29-23(2)33/h8-10,12-17H,3-7,11,18-22H2,1-2H3,(H,29,33)(H,30,34)(H,31,35). The number of rotatable bonds is 16. The minimum absolute atomic E-state index is 0.0205. The number of hydrogen-bond acceptors (Lipinski definition) is 4. The fraction of sp³-hybridized carbons (Fsp3) is 0.464. The van der Waals surface area contributed by atoms with Crippen LogP contribution < -0.4 is 16.0 Å². The van der Waals surface area contributed by atoms with E-state index in [0.29, 0.717) is 37.3 Å². The van der Waals surface area contributed by atoms with Crippen molar-refractivity contribution in [3.05, 3.63) is 54.6 Å². The summed E-state index contributed by atoms with van der Waals surface area (Å²) >= 11 is 0. The minimum atomic E-state index is -0.135. The van der Waals surface area contributed by atoms with Crippen LogP contribution in [0.5, 0.6) is 0 Å². The lowest BCUT2D eigenvalue weighted by Gasteiger charge is -2.22. The van der Waals surface area contributed by atoms with Gasteiger partial charge in [-0.3, -0.25) is 14.4 Å². The summed E-state index contributed by atoms with van der Waals surface area (Å²) in [5.41, 5.74) is 2.17. The highest BCUT2D eigenvalue weighted by atomic mass is 16.2. The van der Waals surface area contributed by atoms with E-state index in [9.17, 15) is 14.4 Å². The number of nitrogens with zero attached hydrogens (tertiary/aromatic N) is 1. The molecular weight excluding hydrogens is 440 g/mol. The Balaban J connectivity index is 1.80. The lowest BCUT2D eigenvalue weighted by atomic mass is 10.1. The van der Waals surface area contributed by atoms with Crippen molar-refractivity contribution in [2.24, 2.45) is 0 Å². The van der Waals surface area contributed by atoms with Gasteiger partial charge in [-0.1, -0.05) is 57.2 Å². The zero-order valence-corrected chi connectivity index (χ0v) is 21.1. The largest absolute Gasteiger partial charge is 0.326 e. The molecule has 0 radical (unpaired) electrons. The number of para-hydroxylation sites is 1. The molecule has 190 valence electrons. The van der Waals surface area contributed by atoms with Crippen LogP contribution >= 0.6 is 0 Å². The highest BCUT2D eigenvalue weighted by molar-refractivity contribution is 5.92. The van der Waals surface area contributed by atoms with Crippen LogP contribution in [0.25, 0.3) is 0 Å². The number of amides is 3. The summed E-state index contributed by atoms with van der Waals surface area (Å²) in [7, 11) is 0. The summed E-state index contributed by atoms with van der Waals surface area (Å²) in [6, 6.07) is 16.5. The fourth-order valence-corrected chi connectivity index (χ4v) is 3.78. The first-order chi connectivity index (χ1) is 17.0. The molecule has 0 bridgehead atoms. The topological polar surface area (TPSA) is 90.5 Å². The van der Waals surface area contributed by atoms with E-state index >= 15 is 0 Å². The SMILES string of the molecule is CCCCCCCCN(CCC(=O)Nc1ccccc1)CCC(=O)Nc1ccc(NC(C)=O)cc1. The van der Waals surface area contributed by atoms with Gasteiger partial charge in [-0.05, 0) is 49.4 Å². The molecule has 0 aliphatic rings. The highest BCUT2D eigenvalue weighted by Gasteiger charge is 2.12. The molecule has 0 fully saturated rings. The molecule has 7 heteroatoms. The number of carbonyl (C=O) groups excluding carboxylic acids is 3. The van der Waals surface area contributed by atoms with E-state index < -0.39 is 0 Å². The quantitative estimate of drug-likeness (QED) is 0.270. The summed E-state index contributed by atoms with van der Waals surface area (Å²) < 4.78 is 0. The van der Waals surface area contributed by atoms with Crippen LogP contribution in [0, 0.1) is 0 Å². The Labute approximate surface area is 209 Å². The molecule has 2 aromatic rings. The average Bonchev–Trinajstić information content (AvgIpc) is 2.84. The molecule has 0 aromatic heterocycles. The van der Waals surface area contributed by atoms with E-state index in [4.69, 9.17) is 0 Å². The molecule has 35 heavy (non-hydrogen) atoms. The predicted octanol–water partition coefficient (Wildman–Crippen LogP) is 5.66. The van der Waals surface area contributed by atoms with Gasteiger partial charge in [-0.2, -0.15) is 0 Å². The van der Waals surface area contributed by atoms with Gasteiger partial charge < -0.3 is 20.9 Å². The van der Waals surface area contributed by atoms with Gasteiger partial charge >= 0.3 is 0 Å². The minimum Gasteiger partial charge on any atom is -0.326 e. The van der Waals surface area contributed by atoms with Crippen molar-refractivity contribution >= 4 is 34.8 Å². The molecule has 0 atom stereocenters. The number of carbonyl (C=O) groups is 3. The van der Waals surface area contributed by atoms with Crippen LogP contribution in [-0.2, 0) is 14.4 Å². The van der Waals surface area contributed by atoms with E-state index in [0.717, 1.165) is 18.7 Å². The molecule has 0 heterocycles. The summed E-state index contributed by atoms with van der Waals surface area (Å²) in [6.45, 7) is 5.77. The van der Waals surface area contributed by atoms with Gasteiger partial charge in [0.25, 0.3) is 0 Å². The molecule has 0 aliphatic heterocycles. The zero-order chi connectivity index (χ0) is 25.3. The van der Waals surface area contributed by atoms with Crippen LogP contribution in [0.2, 0.25) is 0 Å². The molecule has 0 aliphatic carbocycles. The van der Waals surface area contributed by atoms with Crippen molar-refractivity contribution in [1.82, 2.24) is 4.90 Å². The Morgan fingerprint density at radius 2 is 1.11 bits per heavy atom. The molecule has 0 spiro atoms. The lowest BCUT2D eigenvalue weighted by Crippen LogP contribution is -2.32. The Morgan fingerprint density at radius 1 is 0.629 bits per heavy atom. The van der Waals surface area contributed by atoms with Gasteiger partial charge in [0.15, 0.2) is 0 Å². The second-order valence-corrected chi connectivity index (χ2v) is 8.83. The molecule has 0 unspecified atom stereocenters. The second kappa shape index (κ2) is 16.4. The van der Waals surface area contributed by atoms with E-state index in [1.54, 1.807) is 24.3 Å². The Morgan fingerprint density at radius 3 is 1.66 bits per heavy atom. The van der Waals surface area contributed by atoms with Gasteiger partial charge in [-0.15, -0.1) is 0 Å². The molecule has 3 N–H and O–H groups in total. The molecule has 2 aromatic carbocycles. The Hall–Kier alpha value is -3.19. The van der Waals surface area contributed by atoms with Gasteiger partial charge in [0.05, 0.1) is 0 Å². The van der Waals surface area contributed by atoms with Crippen LogP contribution in [0.4, 0.5) is 17.1 Å². The van der Waals surface area contributed by atoms with Crippen LogP contribution in [0.15, 0.2) is 54.6 Å². The molecule has 3 amide bonds. The lowest BCUT2D eigenvalue weighted by molar-refractivity contribution is -0.117. The number of hydrogen-bond donors (Lipinski definition) is 3. The maximum absolute atomic E-state index is 12.5. The fourth-order valence-electron chi connectivity index (χ4n) is 3.78. The van der Waals surface area contributed by atoms with Crippen molar-refractivity contribution < 1.29 is 14.4 Å². The van der Waals surface area contributed by atoms with Crippen LogP contribution in [0.1, 0.15) is 65.2 Å². The third-order valence-corrected chi connectivity index (χ3v) is 5.68.